The fourth-order valence-corrected chi connectivity index (χ4v) is 4.99. The Morgan fingerprint density at radius 3 is 2.84 bits per heavy atom. The average Bonchev–Trinajstić information content (AvgIpc) is 3.42. The minimum Gasteiger partial charge on any atom is -0.490 e. The van der Waals surface area contributed by atoms with Gasteiger partial charge in [0.2, 0.25) is 0 Å². The molecule has 1 heterocycles. The number of aromatic nitrogens is 1. The number of alkyl carbamates (subject to hydrolysis) is 1. The summed E-state index contributed by atoms with van der Waals surface area (Å²) >= 11 is 1.65. The number of ether oxygens (including phenoxy) is 3. The number of thiazole rings is 1. The van der Waals surface area contributed by atoms with Crippen molar-refractivity contribution < 1.29 is 19.0 Å². The zero-order valence-corrected chi connectivity index (χ0v) is 19.6. The van der Waals surface area contributed by atoms with Crippen LogP contribution in [-0.2, 0) is 11.2 Å². The molecule has 4 rings (SSSR count). The number of methoxy groups -OCH3 is 1. The second-order valence-corrected chi connectivity index (χ2v) is 8.92. The molecule has 3 aromatic rings. The van der Waals surface area contributed by atoms with Crippen LogP contribution in [0.25, 0.3) is 21.0 Å². The molecule has 1 aliphatic rings. The zero-order valence-electron chi connectivity index (χ0n) is 18.8. The SMILES string of the molecule is CCOc1cc(-c2ncc(-c3cccc4c3CC[C@@H]4NC(=O)OC)s2)ccc1OC(C)C. The van der Waals surface area contributed by atoms with Gasteiger partial charge in [-0.1, -0.05) is 18.2 Å². The Morgan fingerprint density at radius 2 is 2.09 bits per heavy atom. The van der Waals surface area contributed by atoms with Crippen LogP contribution >= 0.6 is 11.3 Å². The maximum absolute atomic E-state index is 11.7. The van der Waals surface area contributed by atoms with E-state index < -0.39 is 6.09 Å². The van der Waals surface area contributed by atoms with Gasteiger partial charge < -0.3 is 19.5 Å². The molecule has 1 aliphatic carbocycles. The van der Waals surface area contributed by atoms with Crippen molar-refractivity contribution in [3.8, 4) is 32.5 Å². The quantitative estimate of drug-likeness (QED) is 0.476. The second kappa shape index (κ2) is 9.61. The van der Waals surface area contributed by atoms with Crippen molar-refractivity contribution in [3.05, 3.63) is 53.7 Å². The Labute approximate surface area is 192 Å². The van der Waals surface area contributed by atoms with E-state index in [-0.39, 0.29) is 12.1 Å². The number of hydrogen-bond donors (Lipinski definition) is 1. The number of amides is 1. The summed E-state index contributed by atoms with van der Waals surface area (Å²) in [6.45, 7) is 6.53. The molecule has 168 valence electrons. The third-order valence-electron chi connectivity index (χ3n) is 5.37. The molecule has 0 radical (unpaired) electrons. The van der Waals surface area contributed by atoms with Crippen molar-refractivity contribution in [1.29, 1.82) is 0 Å². The van der Waals surface area contributed by atoms with Crippen molar-refractivity contribution in [1.82, 2.24) is 10.3 Å². The third kappa shape index (κ3) is 4.58. The van der Waals surface area contributed by atoms with Crippen LogP contribution in [0.5, 0.6) is 11.5 Å². The number of benzene rings is 2. The lowest BCUT2D eigenvalue weighted by atomic mass is 10.0. The zero-order chi connectivity index (χ0) is 22.7. The first-order valence-electron chi connectivity index (χ1n) is 10.9. The molecular formula is C25H28N2O4S. The summed E-state index contributed by atoms with van der Waals surface area (Å²) < 4.78 is 16.5. The first-order chi connectivity index (χ1) is 15.5. The highest BCUT2D eigenvalue weighted by Crippen LogP contribution is 2.42. The highest BCUT2D eigenvalue weighted by Gasteiger charge is 2.27. The lowest BCUT2D eigenvalue weighted by molar-refractivity contribution is 0.166. The standard InChI is InChI=1S/C25H28N2O4S/c1-5-30-22-13-16(9-12-21(22)31-15(2)3)24-26-14-23(32-24)19-8-6-7-18-17(19)10-11-20(18)27-25(28)29-4/h6-9,12-15,20H,5,10-11H2,1-4H3,(H,27,28)/t20-/m0/s1. The van der Waals surface area contributed by atoms with E-state index in [9.17, 15) is 4.79 Å². The summed E-state index contributed by atoms with van der Waals surface area (Å²) in [5, 5.41) is 3.86. The highest BCUT2D eigenvalue weighted by molar-refractivity contribution is 7.18. The van der Waals surface area contributed by atoms with Crippen LogP contribution in [0.2, 0.25) is 0 Å². The average molecular weight is 453 g/mol. The number of nitrogens with one attached hydrogen (secondary N) is 1. The van der Waals surface area contributed by atoms with E-state index in [0.29, 0.717) is 6.61 Å². The van der Waals surface area contributed by atoms with Crippen LogP contribution in [0.1, 0.15) is 44.4 Å². The topological polar surface area (TPSA) is 69.7 Å². The van der Waals surface area contributed by atoms with Gasteiger partial charge in [-0.2, -0.15) is 0 Å². The largest absolute Gasteiger partial charge is 0.490 e. The molecule has 0 saturated carbocycles. The first kappa shape index (κ1) is 22.1. The van der Waals surface area contributed by atoms with E-state index in [2.05, 4.69) is 17.4 Å². The maximum Gasteiger partial charge on any atom is 0.407 e. The molecule has 2 aromatic carbocycles. The van der Waals surface area contributed by atoms with Gasteiger partial charge in [0.05, 0.1) is 30.7 Å². The summed E-state index contributed by atoms with van der Waals surface area (Å²) in [6, 6.07) is 12.2. The molecular weight excluding hydrogens is 424 g/mol. The number of hydrogen-bond acceptors (Lipinski definition) is 6. The lowest BCUT2D eigenvalue weighted by Crippen LogP contribution is -2.26. The van der Waals surface area contributed by atoms with E-state index in [0.717, 1.165) is 45.4 Å². The van der Waals surface area contributed by atoms with E-state index in [1.165, 1.54) is 18.2 Å². The summed E-state index contributed by atoms with van der Waals surface area (Å²) in [6.07, 6.45) is 3.37. The highest BCUT2D eigenvalue weighted by atomic mass is 32.1. The summed E-state index contributed by atoms with van der Waals surface area (Å²) in [4.78, 5) is 17.5. The van der Waals surface area contributed by atoms with Crippen LogP contribution in [0.3, 0.4) is 0 Å². The van der Waals surface area contributed by atoms with E-state index >= 15 is 0 Å². The number of nitrogens with zero attached hydrogens (tertiary/aromatic N) is 1. The number of carbonyl (C=O) groups excluding carboxylic acids is 1. The monoisotopic (exact) mass is 452 g/mol. The van der Waals surface area contributed by atoms with Gasteiger partial charge in [-0.3, -0.25) is 0 Å². The van der Waals surface area contributed by atoms with Crippen molar-refractivity contribution in [2.45, 2.75) is 45.8 Å². The third-order valence-corrected chi connectivity index (χ3v) is 6.45. The van der Waals surface area contributed by atoms with Gasteiger partial charge in [0.15, 0.2) is 11.5 Å². The van der Waals surface area contributed by atoms with Gasteiger partial charge in [0.1, 0.15) is 5.01 Å². The fourth-order valence-electron chi connectivity index (χ4n) is 4.03. The Balaban J connectivity index is 1.63. The molecule has 0 bridgehead atoms. The molecule has 0 spiro atoms. The van der Waals surface area contributed by atoms with E-state index in [1.807, 2.05) is 51.2 Å². The minimum absolute atomic E-state index is 0.0213. The van der Waals surface area contributed by atoms with Gasteiger partial charge >= 0.3 is 6.09 Å². The molecule has 1 amide bonds. The summed E-state index contributed by atoms with van der Waals surface area (Å²) in [7, 11) is 1.39. The van der Waals surface area contributed by atoms with Gasteiger partial charge in [-0.25, -0.2) is 9.78 Å². The molecule has 1 aromatic heterocycles. The Bertz CT molecular complexity index is 1110. The van der Waals surface area contributed by atoms with Crippen LogP contribution in [0.15, 0.2) is 42.6 Å². The smallest absolute Gasteiger partial charge is 0.407 e. The molecule has 1 N–H and O–H groups in total. The van der Waals surface area contributed by atoms with Gasteiger partial charge in [-0.15, -0.1) is 11.3 Å². The van der Waals surface area contributed by atoms with E-state index in [4.69, 9.17) is 19.2 Å². The minimum atomic E-state index is -0.400. The Hall–Kier alpha value is -3.06. The van der Waals surface area contributed by atoms with Crippen molar-refractivity contribution >= 4 is 17.4 Å². The molecule has 32 heavy (non-hydrogen) atoms. The second-order valence-electron chi connectivity index (χ2n) is 7.89. The molecule has 0 unspecified atom stereocenters. The molecule has 0 saturated heterocycles. The normalized spacial score (nSPS) is 14.8. The van der Waals surface area contributed by atoms with Crippen molar-refractivity contribution in [2.75, 3.05) is 13.7 Å². The van der Waals surface area contributed by atoms with Crippen LogP contribution in [0, 0.1) is 0 Å². The first-order valence-corrected chi connectivity index (χ1v) is 11.7. The van der Waals surface area contributed by atoms with E-state index in [1.54, 1.807) is 11.3 Å². The fraction of sp³-hybridized carbons (Fsp3) is 0.360. The predicted octanol–water partition coefficient (Wildman–Crippen LogP) is 6.01. The van der Waals surface area contributed by atoms with Crippen molar-refractivity contribution in [2.24, 2.45) is 0 Å². The van der Waals surface area contributed by atoms with Crippen molar-refractivity contribution in [3.63, 3.8) is 0 Å². The Morgan fingerprint density at radius 1 is 1.25 bits per heavy atom. The molecule has 7 heteroatoms. The van der Waals surface area contributed by atoms with Gasteiger partial charge in [0.25, 0.3) is 0 Å². The maximum atomic E-state index is 11.7. The molecule has 0 fully saturated rings. The number of fused-ring (bicyclic) bond motifs is 1. The molecule has 0 aliphatic heterocycles. The number of rotatable bonds is 7. The van der Waals surface area contributed by atoms with Crippen LogP contribution in [0.4, 0.5) is 4.79 Å². The number of carbonyl (C=O) groups is 1. The van der Waals surface area contributed by atoms with Gasteiger partial charge in [-0.05, 0) is 68.5 Å². The predicted molar refractivity (Wildman–Crippen MR) is 127 cm³/mol. The lowest BCUT2D eigenvalue weighted by Gasteiger charge is -2.15. The summed E-state index contributed by atoms with van der Waals surface area (Å²) in [5.41, 5.74) is 4.58. The molecule has 6 nitrogen and oxygen atoms in total. The Kier molecular flexibility index (Phi) is 6.65. The summed E-state index contributed by atoms with van der Waals surface area (Å²) in [5.74, 6) is 1.47. The molecule has 1 atom stereocenters. The van der Waals surface area contributed by atoms with Gasteiger partial charge in [0, 0.05) is 11.8 Å². The van der Waals surface area contributed by atoms with Crippen LogP contribution < -0.4 is 14.8 Å². The van der Waals surface area contributed by atoms with Crippen LogP contribution in [-0.4, -0.2) is 30.9 Å².